The number of halogens is 3. The van der Waals surface area contributed by atoms with Crippen LogP contribution in [0.25, 0.3) is 22.2 Å². The van der Waals surface area contributed by atoms with Gasteiger partial charge >= 0.3 is 6.18 Å². The van der Waals surface area contributed by atoms with E-state index in [1.807, 2.05) is 5.32 Å². The van der Waals surface area contributed by atoms with E-state index in [4.69, 9.17) is 4.74 Å². The summed E-state index contributed by atoms with van der Waals surface area (Å²) in [6, 6.07) is 11.9. The van der Waals surface area contributed by atoms with E-state index in [0.29, 0.717) is 23.7 Å². The molecule has 3 aromatic rings. The number of rotatable bonds is 6. The molecule has 2 aromatic carbocycles. The predicted molar refractivity (Wildman–Crippen MR) is 124 cm³/mol. The first-order valence-corrected chi connectivity index (χ1v) is 11.6. The van der Waals surface area contributed by atoms with Crippen LogP contribution >= 0.6 is 0 Å². The van der Waals surface area contributed by atoms with Crippen LogP contribution in [0.2, 0.25) is 0 Å². The lowest BCUT2D eigenvalue weighted by molar-refractivity contribution is -0.217. The number of ether oxygens (including phenoxy) is 1. The third-order valence-corrected chi connectivity index (χ3v) is 6.95. The van der Waals surface area contributed by atoms with Gasteiger partial charge < -0.3 is 10.1 Å². The zero-order valence-corrected chi connectivity index (χ0v) is 19.1. The van der Waals surface area contributed by atoms with Gasteiger partial charge in [0.15, 0.2) is 0 Å². The minimum Gasteiger partial charge on any atom is -0.497 e. The largest absolute Gasteiger partial charge is 0.497 e. The number of alkyl halides is 3. The monoisotopic (exact) mass is 486 g/mol. The van der Waals surface area contributed by atoms with Crippen LogP contribution in [0.3, 0.4) is 0 Å². The van der Waals surface area contributed by atoms with Crippen molar-refractivity contribution in [1.82, 2.24) is 14.9 Å². The summed E-state index contributed by atoms with van der Waals surface area (Å²) in [6.45, 7) is 0. The first kappa shape index (κ1) is 23.2. The van der Waals surface area contributed by atoms with Gasteiger partial charge in [0.2, 0.25) is 11.9 Å². The second kappa shape index (κ2) is 8.58. The molecule has 184 valence electrons. The van der Waals surface area contributed by atoms with Gasteiger partial charge in [0.1, 0.15) is 5.75 Å². The highest BCUT2D eigenvalue weighted by Crippen LogP contribution is 2.44. The van der Waals surface area contributed by atoms with Crippen molar-refractivity contribution in [3.05, 3.63) is 42.5 Å². The molecule has 35 heavy (non-hydrogen) atoms. The van der Waals surface area contributed by atoms with E-state index in [1.165, 1.54) is 0 Å². The van der Waals surface area contributed by atoms with Crippen molar-refractivity contribution in [2.75, 3.05) is 12.4 Å². The zero-order valence-electron chi connectivity index (χ0n) is 19.1. The number of carbonyl (C=O) groups is 2. The summed E-state index contributed by atoms with van der Waals surface area (Å²) in [6.07, 6.45) is -0.583. The fourth-order valence-electron chi connectivity index (χ4n) is 5.09. The summed E-state index contributed by atoms with van der Waals surface area (Å²) < 4.78 is 49.8. The molecule has 0 spiro atoms. The number of hydrogen-bond acceptors (Lipinski definition) is 4. The summed E-state index contributed by atoms with van der Waals surface area (Å²) >= 11 is 0. The van der Waals surface area contributed by atoms with E-state index < -0.39 is 23.7 Å². The third kappa shape index (κ3) is 3.90. The summed E-state index contributed by atoms with van der Waals surface area (Å²) in [5, 5.41) is 4.27. The molecule has 0 bridgehead atoms. The Bertz CT molecular complexity index is 1280. The maximum Gasteiger partial charge on any atom is 0.440 e. The molecule has 1 saturated carbocycles. The van der Waals surface area contributed by atoms with Gasteiger partial charge in [-0.15, -0.1) is 0 Å². The van der Waals surface area contributed by atoms with Crippen molar-refractivity contribution in [1.29, 1.82) is 0 Å². The molecule has 2 aliphatic rings. The smallest absolute Gasteiger partial charge is 0.440 e. The number of carbonyl (C=O) groups excluding carboxylic acids is 2. The fourth-order valence-corrected chi connectivity index (χ4v) is 5.09. The van der Waals surface area contributed by atoms with Crippen LogP contribution in [-0.2, 0) is 15.3 Å². The van der Waals surface area contributed by atoms with E-state index in [-0.39, 0.29) is 23.4 Å². The van der Waals surface area contributed by atoms with Gasteiger partial charge in [0.05, 0.1) is 18.1 Å². The SMILES string of the molecule is COc1ccc(-c2ccc3nc4n(c3c2)C(NC(=O)CCC2CCCC2)(C(F)(F)F)C(=O)N4)cc1. The molecule has 1 aromatic heterocycles. The average molecular weight is 486 g/mol. The quantitative estimate of drug-likeness (QED) is 0.516. The van der Waals surface area contributed by atoms with Gasteiger partial charge in [-0.1, -0.05) is 43.9 Å². The zero-order chi connectivity index (χ0) is 24.8. The summed E-state index contributed by atoms with van der Waals surface area (Å²) in [7, 11) is 1.54. The maximum atomic E-state index is 14.6. The second-order valence-corrected chi connectivity index (χ2v) is 9.10. The number of hydrogen-bond donors (Lipinski definition) is 2. The van der Waals surface area contributed by atoms with Crippen LogP contribution in [0.4, 0.5) is 19.1 Å². The fraction of sp³-hybridized carbons (Fsp3) is 0.400. The second-order valence-electron chi connectivity index (χ2n) is 9.10. The van der Waals surface area contributed by atoms with Crippen LogP contribution in [0.1, 0.15) is 38.5 Å². The molecule has 2 N–H and O–H groups in total. The predicted octanol–water partition coefficient (Wildman–Crippen LogP) is 4.97. The number of nitrogens with one attached hydrogen (secondary N) is 2. The summed E-state index contributed by atoms with van der Waals surface area (Å²) in [5.74, 6) is -1.47. The van der Waals surface area contributed by atoms with Crippen molar-refractivity contribution >= 4 is 28.8 Å². The maximum absolute atomic E-state index is 14.6. The Kier molecular flexibility index (Phi) is 5.69. The standard InChI is InChI=1S/C25H25F3N4O3/c1-35-18-10-7-16(8-11-18)17-9-12-19-20(14-17)32-23(29-19)30-22(34)24(32,25(26,27)28)31-21(33)13-6-15-4-2-3-5-15/h7-12,14-15H,2-6,13H2,1H3,(H,31,33)(H,29,30,34). The lowest BCUT2D eigenvalue weighted by Crippen LogP contribution is -2.63. The van der Waals surface area contributed by atoms with E-state index in [2.05, 4.69) is 10.3 Å². The highest BCUT2D eigenvalue weighted by molar-refractivity contribution is 6.05. The van der Waals surface area contributed by atoms with Crippen LogP contribution < -0.4 is 15.4 Å². The van der Waals surface area contributed by atoms with Gasteiger partial charge in [0, 0.05) is 6.42 Å². The van der Waals surface area contributed by atoms with Crippen molar-refractivity contribution < 1.29 is 27.5 Å². The Balaban J connectivity index is 1.55. The highest BCUT2D eigenvalue weighted by Gasteiger charge is 2.67. The highest BCUT2D eigenvalue weighted by atomic mass is 19.4. The van der Waals surface area contributed by atoms with Crippen molar-refractivity contribution in [2.45, 2.75) is 50.4 Å². The van der Waals surface area contributed by atoms with Crippen LogP contribution in [0, 0.1) is 5.92 Å². The molecule has 0 radical (unpaired) electrons. The van der Waals surface area contributed by atoms with Crippen molar-refractivity contribution in [2.24, 2.45) is 5.92 Å². The van der Waals surface area contributed by atoms with Gasteiger partial charge in [-0.2, -0.15) is 13.2 Å². The summed E-state index contributed by atoms with van der Waals surface area (Å²) in [4.78, 5) is 29.7. The van der Waals surface area contributed by atoms with Gasteiger partial charge in [-0.3, -0.25) is 19.5 Å². The average Bonchev–Trinajstić information content (AvgIpc) is 3.53. The Labute approximate surface area is 199 Å². The minimum atomic E-state index is -5.10. The van der Waals surface area contributed by atoms with E-state index >= 15 is 0 Å². The normalized spacial score (nSPS) is 20.2. The van der Waals surface area contributed by atoms with E-state index in [0.717, 1.165) is 35.8 Å². The topological polar surface area (TPSA) is 85.2 Å². The number of nitrogens with zero attached hydrogens (tertiary/aromatic N) is 2. The minimum absolute atomic E-state index is 0.0746. The van der Waals surface area contributed by atoms with Crippen molar-refractivity contribution in [3.63, 3.8) is 0 Å². The summed E-state index contributed by atoms with van der Waals surface area (Å²) in [5.41, 5.74) is -1.54. The van der Waals surface area contributed by atoms with E-state index in [9.17, 15) is 22.8 Å². The molecule has 1 aliphatic heterocycles. The van der Waals surface area contributed by atoms with Crippen LogP contribution in [0.15, 0.2) is 42.5 Å². The third-order valence-electron chi connectivity index (χ3n) is 6.95. The Hall–Kier alpha value is -3.56. The van der Waals surface area contributed by atoms with Crippen LogP contribution in [-0.4, -0.2) is 34.7 Å². The van der Waals surface area contributed by atoms with Gasteiger partial charge in [-0.05, 0) is 47.7 Å². The molecule has 1 aliphatic carbocycles. The molecule has 1 fully saturated rings. The first-order chi connectivity index (χ1) is 16.7. The number of aromatic nitrogens is 2. The number of imidazole rings is 1. The number of amides is 2. The molecule has 7 nitrogen and oxygen atoms in total. The number of fused-ring (bicyclic) bond motifs is 3. The number of anilines is 1. The molecular formula is C25H25F3N4O3. The lowest BCUT2D eigenvalue weighted by atomic mass is 10.0. The number of methoxy groups -OCH3 is 1. The first-order valence-electron chi connectivity index (χ1n) is 11.6. The number of benzene rings is 2. The Morgan fingerprint density at radius 3 is 2.51 bits per heavy atom. The van der Waals surface area contributed by atoms with E-state index in [1.54, 1.807) is 49.6 Å². The van der Waals surface area contributed by atoms with Gasteiger partial charge in [-0.25, -0.2) is 4.98 Å². The molecule has 2 amide bonds. The van der Waals surface area contributed by atoms with Crippen molar-refractivity contribution in [3.8, 4) is 16.9 Å². The molecule has 0 saturated heterocycles. The molecular weight excluding hydrogens is 461 g/mol. The van der Waals surface area contributed by atoms with Gasteiger partial charge in [0.25, 0.3) is 11.6 Å². The van der Waals surface area contributed by atoms with Crippen LogP contribution in [0.5, 0.6) is 5.75 Å². The Morgan fingerprint density at radius 2 is 1.86 bits per heavy atom. The lowest BCUT2D eigenvalue weighted by Gasteiger charge is -2.32. The molecule has 2 heterocycles. The molecule has 10 heteroatoms. The molecule has 5 rings (SSSR count). The molecule has 1 unspecified atom stereocenters. The molecule has 1 atom stereocenters. The Morgan fingerprint density at radius 1 is 1.17 bits per heavy atom.